The molecule has 3 nitrogen and oxygen atoms in total. The molecular formula is C11H14FNO2. The molecule has 1 N–H and O–H groups in total. The third kappa shape index (κ3) is 3.32. The molecule has 4 heteroatoms. The summed E-state index contributed by atoms with van der Waals surface area (Å²) in [6, 6.07) is 4.21. The number of benzene rings is 1. The minimum atomic E-state index is -1.22. The molecule has 1 aromatic carbocycles. The van der Waals surface area contributed by atoms with E-state index >= 15 is 0 Å². The fraction of sp³-hybridized carbons (Fsp3) is 0.364. The standard InChI is InChI=1S/C11H14FNO2/c1-13(2)6-5-8-3-4-10(12)9(7-8)11(14)15/h3-4,7H,5-6H2,1-2H3,(H,14,15). The summed E-state index contributed by atoms with van der Waals surface area (Å²) < 4.78 is 13.0. The van der Waals surface area contributed by atoms with Crippen LogP contribution in [0, 0.1) is 5.82 Å². The number of hydrogen-bond donors (Lipinski definition) is 1. The number of carbonyl (C=O) groups is 1. The average molecular weight is 211 g/mol. The van der Waals surface area contributed by atoms with Crippen LogP contribution in [0.5, 0.6) is 0 Å². The lowest BCUT2D eigenvalue weighted by Gasteiger charge is -2.09. The van der Waals surface area contributed by atoms with Crippen LogP contribution in [0.15, 0.2) is 18.2 Å². The summed E-state index contributed by atoms with van der Waals surface area (Å²) >= 11 is 0. The van der Waals surface area contributed by atoms with E-state index in [0.717, 1.165) is 12.1 Å². The van der Waals surface area contributed by atoms with Gasteiger partial charge in [-0.05, 0) is 38.2 Å². The molecule has 1 aromatic rings. The molecule has 0 saturated heterocycles. The predicted molar refractivity (Wildman–Crippen MR) is 55.6 cm³/mol. The van der Waals surface area contributed by atoms with Crippen LogP contribution in [0.25, 0.3) is 0 Å². The van der Waals surface area contributed by atoms with Crippen molar-refractivity contribution in [2.45, 2.75) is 6.42 Å². The lowest BCUT2D eigenvalue weighted by molar-refractivity contribution is 0.0691. The van der Waals surface area contributed by atoms with E-state index in [1.54, 1.807) is 6.07 Å². The SMILES string of the molecule is CN(C)CCc1ccc(F)c(C(=O)O)c1. The maximum Gasteiger partial charge on any atom is 0.338 e. The molecule has 15 heavy (non-hydrogen) atoms. The van der Waals surface area contributed by atoms with Gasteiger partial charge in [0.15, 0.2) is 0 Å². The van der Waals surface area contributed by atoms with Crippen molar-refractivity contribution in [3.63, 3.8) is 0 Å². The Morgan fingerprint density at radius 1 is 1.47 bits per heavy atom. The first-order valence-corrected chi connectivity index (χ1v) is 4.67. The highest BCUT2D eigenvalue weighted by Crippen LogP contribution is 2.11. The Balaban J connectivity index is 2.83. The van der Waals surface area contributed by atoms with E-state index in [0.29, 0.717) is 6.42 Å². The van der Waals surface area contributed by atoms with Gasteiger partial charge in [-0.15, -0.1) is 0 Å². The first-order valence-electron chi connectivity index (χ1n) is 4.67. The highest BCUT2D eigenvalue weighted by Gasteiger charge is 2.10. The van der Waals surface area contributed by atoms with Gasteiger partial charge in [-0.25, -0.2) is 9.18 Å². The smallest absolute Gasteiger partial charge is 0.338 e. The first kappa shape index (κ1) is 11.7. The van der Waals surface area contributed by atoms with Crippen molar-refractivity contribution in [3.05, 3.63) is 35.1 Å². The number of likely N-dealkylation sites (N-methyl/N-ethyl adjacent to an activating group) is 1. The Kier molecular flexibility index (Phi) is 3.80. The Labute approximate surface area is 88.1 Å². The van der Waals surface area contributed by atoms with Gasteiger partial charge in [-0.1, -0.05) is 6.07 Å². The highest BCUT2D eigenvalue weighted by atomic mass is 19.1. The summed E-state index contributed by atoms with van der Waals surface area (Å²) in [5.74, 6) is -1.91. The van der Waals surface area contributed by atoms with Crippen molar-refractivity contribution in [1.82, 2.24) is 4.90 Å². The fourth-order valence-electron chi connectivity index (χ4n) is 1.24. The van der Waals surface area contributed by atoms with E-state index in [9.17, 15) is 9.18 Å². The van der Waals surface area contributed by atoms with Crippen molar-refractivity contribution < 1.29 is 14.3 Å². The molecule has 0 bridgehead atoms. The van der Waals surface area contributed by atoms with Gasteiger partial charge in [-0.3, -0.25) is 0 Å². The van der Waals surface area contributed by atoms with Gasteiger partial charge in [0.25, 0.3) is 0 Å². The van der Waals surface area contributed by atoms with Crippen LogP contribution in [0.3, 0.4) is 0 Å². The zero-order chi connectivity index (χ0) is 11.4. The zero-order valence-electron chi connectivity index (χ0n) is 8.83. The van der Waals surface area contributed by atoms with Crippen molar-refractivity contribution in [1.29, 1.82) is 0 Å². The largest absolute Gasteiger partial charge is 0.478 e. The first-order chi connectivity index (χ1) is 7.00. The molecule has 0 spiro atoms. The van der Waals surface area contributed by atoms with E-state index in [1.165, 1.54) is 12.1 Å². The minimum absolute atomic E-state index is 0.258. The second-order valence-electron chi connectivity index (χ2n) is 3.67. The number of halogens is 1. The Morgan fingerprint density at radius 2 is 2.13 bits per heavy atom. The van der Waals surface area contributed by atoms with Crippen molar-refractivity contribution >= 4 is 5.97 Å². The summed E-state index contributed by atoms with van der Waals surface area (Å²) in [5.41, 5.74) is 0.578. The van der Waals surface area contributed by atoms with Crippen LogP contribution in [-0.4, -0.2) is 36.6 Å². The lowest BCUT2D eigenvalue weighted by atomic mass is 10.1. The normalized spacial score (nSPS) is 10.7. The topological polar surface area (TPSA) is 40.5 Å². The number of hydrogen-bond acceptors (Lipinski definition) is 2. The average Bonchev–Trinajstić information content (AvgIpc) is 2.16. The highest BCUT2D eigenvalue weighted by molar-refractivity contribution is 5.88. The van der Waals surface area contributed by atoms with Crippen LogP contribution >= 0.6 is 0 Å². The molecule has 0 fully saturated rings. The van der Waals surface area contributed by atoms with Gasteiger partial charge in [0.2, 0.25) is 0 Å². The molecule has 0 amide bonds. The van der Waals surface area contributed by atoms with Gasteiger partial charge >= 0.3 is 5.97 Å². The summed E-state index contributed by atoms with van der Waals surface area (Å²) in [4.78, 5) is 12.7. The molecular weight excluding hydrogens is 197 g/mol. The van der Waals surface area contributed by atoms with E-state index < -0.39 is 11.8 Å². The third-order valence-corrected chi connectivity index (χ3v) is 2.11. The molecule has 0 radical (unpaired) electrons. The van der Waals surface area contributed by atoms with E-state index in [4.69, 9.17) is 5.11 Å². The Hall–Kier alpha value is -1.42. The van der Waals surface area contributed by atoms with Gasteiger partial charge < -0.3 is 10.0 Å². The predicted octanol–water partition coefficient (Wildman–Crippen LogP) is 1.63. The minimum Gasteiger partial charge on any atom is -0.478 e. The number of rotatable bonds is 4. The van der Waals surface area contributed by atoms with Gasteiger partial charge in [-0.2, -0.15) is 0 Å². The van der Waals surface area contributed by atoms with Crippen LogP contribution in [0.4, 0.5) is 4.39 Å². The van der Waals surface area contributed by atoms with Gasteiger partial charge in [0.05, 0.1) is 5.56 Å². The van der Waals surface area contributed by atoms with Crippen LogP contribution in [0.2, 0.25) is 0 Å². The van der Waals surface area contributed by atoms with Crippen LogP contribution in [0.1, 0.15) is 15.9 Å². The monoisotopic (exact) mass is 211 g/mol. The molecule has 1 rings (SSSR count). The number of nitrogens with zero attached hydrogens (tertiary/aromatic N) is 1. The summed E-state index contributed by atoms with van der Waals surface area (Å²) in [6.07, 6.45) is 0.716. The molecule has 0 saturated carbocycles. The maximum atomic E-state index is 13.0. The summed E-state index contributed by atoms with van der Waals surface area (Å²) in [6.45, 7) is 0.810. The molecule has 0 aliphatic rings. The summed E-state index contributed by atoms with van der Waals surface area (Å²) in [5, 5.41) is 8.72. The van der Waals surface area contributed by atoms with E-state index in [2.05, 4.69) is 0 Å². The number of carboxylic acids is 1. The van der Waals surface area contributed by atoms with Crippen molar-refractivity contribution in [2.75, 3.05) is 20.6 Å². The van der Waals surface area contributed by atoms with E-state index in [1.807, 2.05) is 19.0 Å². The molecule has 0 aromatic heterocycles. The third-order valence-electron chi connectivity index (χ3n) is 2.11. The quantitative estimate of drug-likeness (QED) is 0.822. The molecule has 0 heterocycles. The van der Waals surface area contributed by atoms with Crippen LogP contribution < -0.4 is 0 Å². The Morgan fingerprint density at radius 3 is 2.67 bits per heavy atom. The maximum absolute atomic E-state index is 13.0. The van der Waals surface area contributed by atoms with Crippen molar-refractivity contribution in [2.24, 2.45) is 0 Å². The number of aromatic carboxylic acids is 1. The molecule has 0 aliphatic carbocycles. The van der Waals surface area contributed by atoms with Gasteiger partial charge in [0, 0.05) is 6.54 Å². The molecule has 82 valence electrons. The summed E-state index contributed by atoms with van der Waals surface area (Å²) in [7, 11) is 3.86. The zero-order valence-corrected chi connectivity index (χ0v) is 8.83. The second-order valence-corrected chi connectivity index (χ2v) is 3.67. The van der Waals surface area contributed by atoms with Gasteiger partial charge in [0.1, 0.15) is 5.82 Å². The fourth-order valence-corrected chi connectivity index (χ4v) is 1.24. The second kappa shape index (κ2) is 4.89. The van der Waals surface area contributed by atoms with E-state index in [-0.39, 0.29) is 5.56 Å². The Bertz CT molecular complexity index is 364. The molecule has 0 unspecified atom stereocenters. The molecule has 0 aliphatic heterocycles. The number of carboxylic acid groups (broad SMARTS) is 1. The lowest BCUT2D eigenvalue weighted by Crippen LogP contribution is -2.15. The van der Waals surface area contributed by atoms with Crippen molar-refractivity contribution in [3.8, 4) is 0 Å². The molecule has 0 atom stereocenters. The van der Waals surface area contributed by atoms with Crippen LogP contribution in [-0.2, 0) is 6.42 Å².